The zero-order valence-electron chi connectivity index (χ0n) is 11.2. The number of hydrogen-bond acceptors (Lipinski definition) is 2. The predicted molar refractivity (Wildman–Crippen MR) is 82.2 cm³/mol. The number of aryl methyl sites for hydroxylation is 1. The van der Waals surface area contributed by atoms with Gasteiger partial charge in [-0.25, -0.2) is 4.39 Å². The van der Waals surface area contributed by atoms with Crippen molar-refractivity contribution in [3.8, 4) is 0 Å². The zero-order valence-corrected chi connectivity index (χ0v) is 12.0. The lowest BCUT2D eigenvalue weighted by Gasteiger charge is -2.37. The van der Waals surface area contributed by atoms with E-state index in [9.17, 15) is 4.39 Å². The van der Waals surface area contributed by atoms with Gasteiger partial charge in [0.25, 0.3) is 0 Å². The maximum atomic E-state index is 13.5. The Morgan fingerprint density at radius 3 is 2.80 bits per heavy atom. The van der Waals surface area contributed by atoms with Gasteiger partial charge in [-0.1, -0.05) is 29.8 Å². The highest BCUT2D eigenvalue weighted by Gasteiger charge is 2.26. The molecular weight excluding hydrogens is 275 g/mol. The Bertz CT molecular complexity index is 657. The van der Waals surface area contributed by atoms with Crippen LogP contribution < -0.4 is 10.6 Å². The molecule has 0 aromatic heterocycles. The van der Waals surface area contributed by atoms with E-state index in [2.05, 4.69) is 24.0 Å². The van der Waals surface area contributed by atoms with Crippen molar-refractivity contribution in [1.82, 2.24) is 0 Å². The number of hydrogen-bond donors (Lipinski definition) is 1. The molecule has 2 aromatic rings. The molecule has 1 heterocycles. The molecule has 0 amide bonds. The number of halogens is 2. The molecule has 20 heavy (non-hydrogen) atoms. The lowest BCUT2D eigenvalue weighted by molar-refractivity contribution is 0.614. The molecule has 0 saturated heterocycles. The van der Waals surface area contributed by atoms with Crippen LogP contribution in [-0.4, -0.2) is 6.04 Å². The van der Waals surface area contributed by atoms with Gasteiger partial charge in [-0.05, 0) is 37.5 Å². The molecule has 1 unspecified atom stereocenters. The minimum Gasteiger partial charge on any atom is -0.397 e. The van der Waals surface area contributed by atoms with Gasteiger partial charge in [0.1, 0.15) is 5.82 Å². The third-order valence-electron chi connectivity index (χ3n) is 3.85. The van der Waals surface area contributed by atoms with Crippen LogP contribution in [0.25, 0.3) is 0 Å². The molecule has 2 aromatic carbocycles. The number of rotatable bonds is 1. The fourth-order valence-electron chi connectivity index (χ4n) is 2.82. The van der Waals surface area contributed by atoms with Crippen LogP contribution in [0.15, 0.2) is 36.4 Å². The largest absolute Gasteiger partial charge is 0.397 e. The second-order valence-corrected chi connectivity index (χ2v) is 5.62. The quantitative estimate of drug-likeness (QED) is 0.782. The smallest absolute Gasteiger partial charge is 0.143 e. The van der Waals surface area contributed by atoms with Crippen molar-refractivity contribution in [1.29, 1.82) is 0 Å². The average molecular weight is 291 g/mol. The first-order valence-corrected chi connectivity index (χ1v) is 7.07. The van der Waals surface area contributed by atoms with E-state index >= 15 is 0 Å². The Labute approximate surface area is 123 Å². The first-order chi connectivity index (χ1) is 9.58. The molecule has 1 aliphatic heterocycles. The van der Waals surface area contributed by atoms with E-state index in [1.54, 1.807) is 6.07 Å². The summed E-state index contributed by atoms with van der Waals surface area (Å²) in [5.41, 5.74) is 9.60. The van der Waals surface area contributed by atoms with Gasteiger partial charge in [-0.15, -0.1) is 0 Å². The number of anilines is 3. The maximum absolute atomic E-state index is 13.5. The Morgan fingerprint density at radius 2 is 2.00 bits per heavy atom. The fourth-order valence-corrected chi connectivity index (χ4v) is 2.97. The Kier molecular flexibility index (Phi) is 3.30. The van der Waals surface area contributed by atoms with E-state index < -0.39 is 5.82 Å². The third-order valence-corrected chi connectivity index (χ3v) is 4.14. The minimum absolute atomic E-state index is 0.101. The second-order valence-electron chi connectivity index (χ2n) is 5.21. The van der Waals surface area contributed by atoms with Crippen molar-refractivity contribution in [3.63, 3.8) is 0 Å². The predicted octanol–water partition coefficient (Wildman–Crippen LogP) is 4.53. The van der Waals surface area contributed by atoms with Crippen molar-refractivity contribution < 1.29 is 4.39 Å². The summed E-state index contributed by atoms with van der Waals surface area (Å²) in [6, 6.07) is 11.4. The van der Waals surface area contributed by atoms with Gasteiger partial charge >= 0.3 is 0 Å². The van der Waals surface area contributed by atoms with E-state index in [0.717, 1.165) is 24.2 Å². The van der Waals surface area contributed by atoms with Crippen LogP contribution >= 0.6 is 11.6 Å². The van der Waals surface area contributed by atoms with Gasteiger partial charge in [0.2, 0.25) is 0 Å². The normalized spacial score (nSPS) is 17.9. The van der Waals surface area contributed by atoms with Gasteiger partial charge in [0.15, 0.2) is 0 Å². The Balaban J connectivity index is 2.16. The van der Waals surface area contributed by atoms with E-state index in [-0.39, 0.29) is 5.02 Å². The highest BCUT2D eigenvalue weighted by atomic mass is 35.5. The summed E-state index contributed by atoms with van der Waals surface area (Å²) in [5, 5.41) is 0.101. The summed E-state index contributed by atoms with van der Waals surface area (Å²) in [7, 11) is 0. The van der Waals surface area contributed by atoms with E-state index in [1.165, 1.54) is 11.6 Å². The highest BCUT2D eigenvalue weighted by molar-refractivity contribution is 6.31. The number of nitrogens with two attached hydrogens (primary N) is 1. The van der Waals surface area contributed by atoms with E-state index in [1.807, 2.05) is 12.1 Å². The standard InChI is InChI=1S/C16H16ClFN2/c1-10-6-7-11-4-2-3-5-15(11)20(10)16-8-12(17)13(18)9-14(16)19/h2-5,8-10H,6-7,19H2,1H3. The molecule has 0 spiro atoms. The van der Waals surface area contributed by atoms with Crippen molar-refractivity contribution >= 4 is 28.7 Å². The molecular formula is C16H16ClFN2. The molecule has 1 aliphatic rings. The van der Waals surface area contributed by atoms with Crippen molar-refractivity contribution in [3.05, 3.63) is 52.8 Å². The number of fused-ring (bicyclic) bond motifs is 1. The van der Waals surface area contributed by atoms with Gasteiger partial charge in [0.05, 0.1) is 16.4 Å². The summed E-state index contributed by atoms with van der Waals surface area (Å²) in [5.74, 6) is -0.481. The summed E-state index contributed by atoms with van der Waals surface area (Å²) in [6.07, 6.45) is 2.08. The van der Waals surface area contributed by atoms with Crippen LogP contribution in [0, 0.1) is 5.82 Å². The molecule has 104 valence electrons. The molecule has 0 bridgehead atoms. The van der Waals surface area contributed by atoms with Crippen LogP contribution in [0.3, 0.4) is 0 Å². The van der Waals surface area contributed by atoms with Crippen LogP contribution in [-0.2, 0) is 6.42 Å². The molecule has 4 heteroatoms. The zero-order chi connectivity index (χ0) is 14.3. The van der Waals surface area contributed by atoms with Gasteiger partial charge in [-0.3, -0.25) is 0 Å². The topological polar surface area (TPSA) is 29.3 Å². The number of benzene rings is 2. The van der Waals surface area contributed by atoms with Crippen LogP contribution in [0.1, 0.15) is 18.9 Å². The highest BCUT2D eigenvalue weighted by Crippen LogP contribution is 2.40. The lowest BCUT2D eigenvalue weighted by atomic mass is 9.95. The Morgan fingerprint density at radius 1 is 1.25 bits per heavy atom. The van der Waals surface area contributed by atoms with Gasteiger partial charge in [-0.2, -0.15) is 0 Å². The molecule has 1 atom stereocenters. The van der Waals surface area contributed by atoms with Crippen LogP contribution in [0.2, 0.25) is 5.02 Å². The first kappa shape index (κ1) is 13.3. The minimum atomic E-state index is -0.481. The number of para-hydroxylation sites is 1. The Hall–Kier alpha value is -1.74. The SMILES string of the molecule is CC1CCc2ccccc2N1c1cc(Cl)c(F)cc1N. The molecule has 2 nitrogen and oxygen atoms in total. The average Bonchev–Trinajstić information content (AvgIpc) is 2.43. The van der Waals surface area contributed by atoms with Crippen molar-refractivity contribution in [2.75, 3.05) is 10.6 Å². The molecule has 0 saturated carbocycles. The maximum Gasteiger partial charge on any atom is 0.143 e. The van der Waals surface area contributed by atoms with Crippen LogP contribution in [0.5, 0.6) is 0 Å². The van der Waals surface area contributed by atoms with Gasteiger partial charge in [0, 0.05) is 17.8 Å². The summed E-state index contributed by atoms with van der Waals surface area (Å²) < 4.78 is 13.5. The molecule has 0 radical (unpaired) electrons. The summed E-state index contributed by atoms with van der Waals surface area (Å²) in [6.45, 7) is 2.15. The number of nitrogens with zero attached hydrogens (tertiary/aromatic N) is 1. The van der Waals surface area contributed by atoms with Gasteiger partial charge < -0.3 is 10.6 Å². The van der Waals surface area contributed by atoms with Crippen molar-refractivity contribution in [2.45, 2.75) is 25.8 Å². The fraction of sp³-hybridized carbons (Fsp3) is 0.250. The first-order valence-electron chi connectivity index (χ1n) is 6.69. The lowest BCUT2D eigenvalue weighted by Crippen LogP contribution is -2.33. The third kappa shape index (κ3) is 2.12. The van der Waals surface area contributed by atoms with E-state index in [4.69, 9.17) is 17.3 Å². The molecule has 0 fully saturated rings. The number of nitrogen functional groups attached to an aromatic ring is 1. The van der Waals surface area contributed by atoms with E-state index in [0.29, 0.717) is 11.7 Å². The van der Waals surface area contributed by atoms with Crippen molar-refractivity contribution in [2.24, 2.45) is 0 Å². The molecule has 2 N–H and O–H groups in total. The van der Waals surface area contributed by atoms with Crippen LogP contribution in [0.4, 0.5) is 21.5 Å². The molecule has 3 rings (SSSR count). The molecule has 0 aliphatic carbocycles. The summed E-state index contributed by atoms with van der Waals surface area (Å²) >= 11 is 5.92. The monoisotopic (exact) mass is 290 g/mol. The second kappa shape index (κ2) is 4.98. The summed E-state index contributed by atoms with van der Waals surface area (Å²) in [4.78, 5) is 2.15.